The van der Waals surface area contributed by atoms with Crippen molar-refractivity contribution in [2.45, 2.75) is 17.9 Å². The van der Waals surface area contributed by atoms with Gasteiger partial charge in [-0.15, -0.1) is 0 Å². The van der Waals surface area contributed by atoms with E-state index in [4.69, 9.17) is 14.2 Å². The number of anilines is 1. The molecule has 0 spiro atoms. The molecule has 0 saturated carbocycles. The summed E-state index contributed by atoms with van der Waals surface area (Å²) in [6.45, 7) is 1.69. The van der Waals surface area contributed by atoms with Gasteiger partial charge in [0.2, 0.25) is 15.9 Å². The molecule has 2 aromatic rings. The predicted molar refractivity (Wildman–Crippen MR) is 103 cm³/mol. The Bertz CT molecular complexity index is 976. The Morgan fingerprint density at radius 1 is 1.25 bits per heavy atom. The third-order valence-electron chi connectivity index (χ3n) is 4.22. The van der Waals surface area contributed by atoms with Crippen LogP contribution in [0, 0.1) is 0 Å². The van der Waals surface area contributed by atoms with Crippen LogP contribution in [0.1, 0.15) is 6.92 Å². The molecule has 0 aliphatic carbocycles. The number of para-hydroxylation sites is 2. The minimum absolute atomic E-state index is 0.0386. The zero-order chi connectivity index (χ0) is 20.3. The SMILES string of the molecule is COc1ccc(S(=O)(=O)N(C)C[C@H]2COc3ccccc3O2)cc1NC(C)=O. The Hall–Kier alpha value is -2.78. The van der Waals surface area contributed by atoms with Gasteiger partial charge >= 0.3 is 0 Å². The number of nitrogens with zero attached hydrogens (tertiary/aromatic N) is 1. The number of methoxy groups -OCH3 is 1. The molecule has 1 aliphatic rings. The fourth-order valence-electron chi connectivity index (χ4n) is 2.85. The molecule has 9 heteroatoms. The summed E-state index contributed by atoms with van der Waals surface area (Å²) in [6, 6.07) is 11.6. The second-order valence-corrected chi connectivity index (χ2v) is 8.37. The summed E-state index contributed by atoms with van der Waals surface area (Å²) in [4.78, 5) is 11.4. The lowest BCUT2D eigenvalue weighted by atomic mass is 10.2. The number of sulfonamides is 1. The van der Waals surface area contributed by atoms with E-state index in [0.717, 1.165) is 0 Å². The molecule has 150 valence electrons. The number of rotatable bonds is 6. The van der Waals surface area contributed by atoms with E-state index < -0.39 is 16.1 Å². The molecule has 1 heterocycles. The van der Waals surface area contributed by atoms with Crippen LogP contribution in [-0.2, 0) is 14.8 Å². The Labute approximate surface area is 164 Å². The minimum Gasteiger partial charge on any atom is -0.495 e. The molecule has 0 bridgehead atoms. The molecular formula is C19H22N2O6S. The van der Waals surface area contributed by atoms with Gasteiger partial charge in [0.1, 0.15) is 18.5 Å². The van der Waals surface area contributed by atoms with Crippen LogP contribution in [0.2, 0.25) is 0 Å². The largest absolute Gasteiger partial charge is 0.495 e. The van der Waals surface area contributed by atoms with Crippen molar-refractivity contribution in [2.75, 3.05) is 32.6 Å². The fraction of sp³-hybridized carbons (Fsp3) is 0.316. The van der Waals surface area contributed by atoms with E-state index in [9.17, 15) is 13.2 Å². The van der Waals surface area contributed by atoms with E-state index in [1.807, 2.05) is 12.1 Å². The normalized spacial score (nSPS) is 15.9. The summed E-state index contributed by atoms with van der Waals surface area (Å²) in [6.07, 6.45) is -0.442. The third-order valence-corrected chi connectivity index (χ3v) is 6.04. The van der Waals surface area contributed by atoms with Crippen LogP contribution in [0.4, 0.5) is 5.69 Å². The zero-order valence-corrected chi connectivity index (χ0v) is 16.7. The van der Waals surface area contributed by atoms with Crippen molar-refractivity contribution in [1.82, 2.24) is 4.31 Å². The molecule has 0 unspecified atom stereocenters. The summed E-state index contributed by atoms with van der Waals surface area (Å²) in [5.41, 5.74) is 0.288. The van der Waals surface area contributed by atoms with Gasteiger partial charge in [0.25, 0.3) is 0 Å². The van der Waals surface area contributed by atoms with E-state index in [1.54, 1.807) is 12.1 Å². The first-order valence-corrected chi connectivity index (χ1v) is 10.1. The van der Waals surface area contributed by atoms with Crippen LogP contribution in [-0.4, -0.2) is 52.0 Å². The summed E-state index contributed by atoms with van der Waals surface area (Å²) in [7, 11) is -0.891. The number of carbonyl (C=O) groups excluding carboxylic acids is 1. The van der Waals surface area contributed by atoms with Crippen molar-refractivity contribution in [2.24, 2.45) is 0 Å². The van der Waals surface area contributed by atoms with E-state index in [-0.39, 0.29) is 29.6 Å². The van der Waals surface area contributed by atoms with E-state index >= 15 is 0 Å². The molecule has 0 aromatic heterocycles. The van der Waals surface area contributed by atoms with Gasteiger partial charge < -0.3 is 19.5 Å². The van der Waals surface area contributed by atoms with Crippen molar-refractivity contribution in [3.8, 4) is 17.2 Å². The maximum atomic E-state index is 13.0. The number of carbonyl (C=O) groups is 1. The Balaban J connectivity index is 1.78. The average Bonchev–Trinajstić information content (AvgIpc) is 2.67. The summed E-state index contributed by atoms with van der Waals surface area (Å²) in [5, 5.41) is 2.58. The second-order valence-electron chi connectivity index (χ2n) is 6.33. The molecule has 1 amide bonds. The van der Waals surface area contributed by atoms with Crippen molar-refractivity contribution in [3.63, 3.8) is 0 Å². The maximum absolute atomic E-state index is 13.0. The molecule has 0 fully saturated rings. The Morgan fingerprint density at radius 3 is 2.64 bits per heavy atom. The lowest BCUT2D eigenvalue weighted by Crippen LogP contribution is -2.41. The first kappa shape index (κ1) is 20.0. The lowest BCUT2D eigenvalue weighted by molar-refractivity contribution is -0.114. The molecule has 0 saturated heterocycles. The summed E-state index contributed by atoms with van der Waals surface area (Å²) in [5.74, 6) is 1.27. The van der Waals surface area contributed by atoms with Crippen LogP contribution in [0.3, 0.4) is 0 Å². The number of hydrogen-bond acceptors (Lipinski definition) is 6. The average molecular weight is 406 g/mol. The number of nitrogens with one attached hydrogen (secondary N) is 1. The predicted octanol–water partition coefficient (Wildman–Crippen LogP) is 2.11. The highest BCUT2D eigenvalue weighted by Gasteiger charge is 2.28. The van der Waals surface area contributed by atoms with Gasteiger partial charge in [-0.05, 0) is 30.3 Å². The first-order valence-electron chi connectivity index (χ1n) is 8.61. The molecule has 1 atom stereocenters. The molecular weight excluding hydrogens is 384 g/mol. The van der Waals surface area contributed by atoms with Crippen LogP contribution >= 0.6 is 0 Å². The second kappa shape index (κ2) is 8.07. The van der Waals surface area contributed by atoms with E-state index in [2.05, 4.69) is 5.32 Å². The number of benzene rings is 2. The van der Waals surface area contributed by atoms with E-state index in [1.165, 1.54) is 43.6 Å². The Kier molecular flexibility index (Phi) is 5.76. The highest BCUT2D eigenvalue weighted by atomic mass is 32.2. The minimum atomic E-state index is -3.81. The lowest BCUT2D eigenvalue weighted by Gasteiger charge is -2.29. The van der Waals surface area contributed by atoms with Gasteiger partial charge in [-0.25, -0.2) is 8.42 Å². The molecule has 2 aromatic carbocycles. The van der Waals surface area contributed by atoms with Crippen molar-refractivity contribution < 1.29 is 27.4 Å². The number of hydrogen-bond donors (Lipinski definition) is 1. The van der Waals surface area contributed by atoms with Gasteiger partial charge in [0.05, 0.1) is 24.2 Å². The van der Waals surface area contributed by atoms with Gasteiger partial charge in [-0.1, -0.05) is 12.1 Å². The van der Waals surface area contributed by atoms with Crippen molar-refractivity contribution >= 4 is 21.6 Å². The standard InChI is InChI=1S/C19H22N2O6S/c1-13(22)20-16-10-15(8-9-17(16)25-3)28(23,24)21(2)11-14-12-26-18-6-4-5-7-19(18)27-14/h4-10,14H,11-12H2,1-3H3,(H,20,22)/t14-/m0/s1. The quantitative estimate of drug-likeness (QED) is 0.790. The monoisotopic (exact) mass is 406 g/mol. The molecule has 8 nitrogen and oxygen atoms in total. The van der Waals surface area contributed by atoms with Crippen LogP contribution in [0.15, 0.2) is 47.4 Å². The molecule has 28 heavy (non-hydrogen) atoms. The van der Waals surface area contributed by atoms with Gasteiger partial charge in [-0.3, -0.25) is 4.79 Å². The topological polar surface area (TPSA) is 94.2 Å². The molecule has 0 radical (unpaired) electrons. The smallest absolute Gasteiger partial charge is 0.243 e. The number of fused-ring (bicyclic) bond motifs is 1. The first-order chi connectivity index (χ1) is 13.3. The zero-order valence-electron chi connectivity index (χ0n) is 15.8. The number of likely N-dealkylation sites (N-methyl/N-ethyl adjacent to an activating group) is 1. The van der Waals surface area contributed by atoms with Gasteiger partial charge in [0.15, 0.2) is 11.5 Å². The van der Waals surface area contributed by atoms with E-state index in [0.29, 0.717) is 17.2 Å². The van der Waals surface area contributed by atoms with Gasteiger partial charge in [-0.2, -0.15) is 4.31 Å². The summed E-state index contributed by atoms with van der Waals surface area (Å²) >= 11 is 0. The van der Waals surface area contributed by atoms with Crippen molar-refractivity contribution in [3.05, 3.63) is 42.5 Å². The molecule has 3 rings (SSSR count). The summed E-state index contributed by atoms with van der Waals surface area (Å²) < 4.78 is 43.8. The van der Waals surface area contributed by atoms with Crippen LogP contribution in [0.25, 0.3) is 0 Å². The van der Waals surface area contributed by atoms with Crippen LogP contribution in [0.5, 0.6) is 17.2 Å². The molecule has 1 aliphatic heterocycles. The van der Waals surface area contributed by atoms with Crippen molar-refractivity contribution in [1.29, 1.82) is 0 Å². The third kappa shape index (κ3) is 4.20. The highest BCUT2D eigenvalue weighted by molar-refractivity contribution is 7.89. The maximum Gasteiger partial charge on any atom is 0.243 e. The van der Waals surface area contributed by atoms with Gasteiger partial charge in [0, 0.05) is 14.0 Å². The highest BCUT2D eigenvalue weighted by Crippen LogP contribution is 2.32. The number of amides is 1. The van der Waals surface area contributed by atoms with Crippen LogP contribution < -0.4 is 19.5 Å². The number of ether oxygens (including phenoxy) is 3. The Morgan fingerprint density at radius 2 is 1.96 bits per heavy atom. The molecule has 1 N–H and O–H groups in total. The fourth-order valence-corrected chi connectivity index (χ4v) is 4.08.